The van der Waals surface area contributed by atoms with E-state index in [2.05, 4.69) is 51.1 Å². The average Bonchev–Trinajstić information content (AvgIpc) is 3.66. The van der Waals surface area contributed by atoms with Crippen LogP contribution in [0.15, 0.2) is 23.8 Å². The zero-order valence-electron chi connectivity index (χ0n) is 31.7. The zero-order chi connectivity index (χ0) is 35.7. The van der Waals surface area contributed by atoms with E-state index < -0.39 is 0 Å². The van der Waals surface area contributed by atoms with Gasteiger partial charge in [-0.1, -0.05) is 32.1 Å². The highest BCUT2D eigenvalue weighted by atomic mass is 16.7. The number of carbonyl (C=O) groups is 2. The Morgan fingerprint density at radius 1 is 0.840 bits per heavy atom. The van der Waals surface area contributed by atoms with Crippen molar-refractivity contribution in [2.24, 2.45) is 35.5 Å². The van der Waals surface area contributed by atoms with Crippen molar-refractivity contribution in [3.8, 4) is 0 Å². The van der Waals surface area contributed by atoms with Crippen molar-refractivity contribution < 1.29 is 42.7 Å². The van der Waals surface area contributed by atoms with Crippen LogP contribution in [0.3, 0.4) is 0 Å². The summed E-state index contributed by atoms with van der Waals surface area (Å²) < 4.78 is 43.4. The van der Waals surface area contributed by atoms with Crippen LogP contribution in [0.5, 0.6) is 0 Å². The summed E-state index contributed by atoms with van der Waals surface area (Å²) >= 11 is 0. The molecule has 3 aliphatic carbocycles. The first-order valence-electron chi connectivity index (χ1n) is 19.5. The lowest BCUT2D eigenvalue weighted by molar-refractivity contribution is -0.266. The van der Waals surface area contributed by atoms with E-state index in [1.165, 1.54) is 0 Å². The maximum atomic E-state index is 14.6. The minimum Gasteiger partial charge on any atom is -0.462 e. The number of esters is 1. The third-order valence-electron chi connectivity index (χ3n) is 12.9. The molecular weight excluding hydrogens is 638 g/mol. The van der Waals surface area contributed by atoms with E-state index in [0.29, 0.717) is 24.3 Å². The molecule has 1 saturated carbocycles. The van der Waals surface area contributed by atoms with Gasteiger partial charge in [-0.2, -0.15) is 0 Å². The van der Waals surface area contributed by atoms with E-state index in [1.807, 2.05) is 13.8 Å². The number of nitrogens with zero attached hydrogens (tertiary/aromatic N) is 1. The molecule has 3 heterocycles. The van der Waals surface area contributed by atoms with Crippen molar-refractivity contribution in [3.05, 3.63) is 23.8 Å². The van der Waals surface area contributed by atoms with E-state index in [1.54, 1.807) is 14.2 Å². The van der Waals surface area contributed by atoms with E-state index >= 15 is 0 Å². The summed E-state index contributed by atoms with van der Waals surface area (Å²) in [5.41, 5.74) is 0.782. The molecule has 0 aromatic heterocycles. The Morgan fingerprint density at radius 3 is 2.32 bits per heavy atom. The molecule has 6 rings (SSSR count). The van der Waals surface area contributed by atoms with Crippen LogP contribution in [-0.4, -0.2) is 106 Å². The maximum absolute atomic E-state index is 14.6. The molecule has 0 N–H and O–H groups in total. The van der Waals surface area contributed by atoms with Crippen LogP contribution < -0.4 is 0 Å². The second kappa shape index (κ2) is 16.6. The van der Waals surface area contributed by atoms with Crippen molar-refractivity contribution in [2.45, 2.75) is 153 Å². The van der Waals surface area contributed by atoms with E-state index in [9.17, 15) is 9.59 Å². The highest BCUT2D eigenvalue weighted by Crippen LogP contribution is 2.54. The Hall–Kier alpha value is -1.66. The Morgan fingerprint density at radius 2 is 1.62 bits per heavy atom. The molecular formula is C40H63NO9. The predicted molar refractivity (Wildman–Crippen MR) is 188 cm³/mol. The smallest absolute Gasteiger partial charge is 0.306 e. The van der Waals surface area contributed by atoms with Gasteiger partial charge in [0.1, 0.15) is 12.2 Å². The van der Waals surface area contributed by atoms with Crippen molar-refractivity contribution in [2.75, 3.05) is 28.3 Å². The summed E-state index contributed by atoms with van der Waals surface area (Å²) in [6.07, 6.45) is 13.0. The number of Topliss-reactive ketones (excluding diaryl/α,β-unsaturated/α-hetero) is 1. The first-order chi connectivity index (χ1) is 24.0. The van der Waals surface area contributed by atoms with E-state index in [4.69, 9.17) is 33.2 Å². The molecule has 0 spiro atoms. The van der Waals surface area contributed by atoms with Gasteiger partial charge in [0.05, 0.1) is 36.9 Å². The molecule has 50 heavy (non-hydrogen) atoms. The van der Waals surface area contributed by atoms with Gasteiger partial charge in [0.15, 0.2) is 18.4 Å². The fraction of sp³-hybridized carbons (Fsp3) is 0.850. The summed E-state index contributed by atoms with van der Waals surface area (Å²) in [5, 5.41) is 0. The van der Waals surface area contributed by atoms with Crippen molar-refractivity contribution in [1.29, 1.82) is 0 Å². The van der Waals surface area contributed by atoms with Crippen LogP contribution in [0, 0.1) is 35.5 Å². The first-order valence-corrected chi connectivity index (χ1v) is 19.5. The summed E-state index contributed by atoms with van der Waals surface area (Å²) in [5.74, 6) is 0.261. The second-order valence-corrected chi connectivity index (χ2v) is 16.2. The van der Waals surface area contributed by atoms with Crippen molar-refractivity contribution >= 4 is 11.8 Å². The number of likely N-dealkylation sites (N-methyl/N-ethyl adjacent to an activating group) is 1. The minimum atomic E-state index is -0.353. The summed E-state index contributed by atoms with van der Waals surface area (Å²) in [7, 11) is 7.59. The minimum absolute atomic E-state index is 0.0415. The maximum Gasteiger partial charge on any atom is 0.306 e. The number of fused-ring (bicyclic) bond motifs is 5. The number of cyclic esters (lactones) is 1. The fourth-order valence-electron chi connectivity index (χ4n) is 10.2. The predicted octanol–water partition coefficient (Wildman–Crippen LogP) is 5.86. The molecule has 0 amide bonds. The lowest BCUT2D eigenvalue weighted by Crippen LogP contribution is -2.50. The molecule has 3 aliphatic heterocycles. The van der Waals surface area contributed by atoms with Gasteiger partial charge in [0.25, 0.3) is 0 Å². The van der Waals surface area contributed by atoms with Gasteiger partial charge in [-0.25, -0.2) is 0 Å². The highest BCUT2D eigenvalue weighted by molar-refractivity contribution is 5.99. The molecule has 6 aliphatic rings. The lowest BCUT2D eigenvalue weighted by atomic mass is 9.70. The zero-order valence-corrected chi connectivity index (χ0v) is 31.7. The molecule has 16 atom stereocenters. The molecule has 4 fully saturated rings. The van der Waals surface area contributed by atoms with Crippen LogP contribution in [0.1, 0.15) is 91.9 Å². The number of hydrogen-bond acceptors (Lipinski definition) is 10. The Balaban J connectivity index is 1.19. The topological polar surface area (TPSA) is 102 Å². The number of rotatable bonds is 8. The van der Waals surface area contributed by atoms with Crippen LogP contribution in [0.2, 0.25) is 0 Å². The van der Waals surface area contributed by atoms with Gasteiger partial charge in [0.2, 0.25) is 0 Å². The van der Waals surface area contributed by atoms with Crippen molar-refractivity contribution in [3.63, 3.8) is 0 Å². The third-order valence-corrected chi connectivity index (χ3v) is 12.9. The number of carbonyl (C=O) groups excluding carboxylic acids is 2. The normalized spacial score (nSPS) is 45.6. The quantitative estimate of drug-likeness (QED) is 0.226. The summed E-state index contributed by atoms with van der Waals surface area (Å²) in [6, 6.07) is 0.347. The standard InChI is InChI=1S/C40H63NO9/c1-9-26-11-10-12-34(50-37-16-15-33(41(5)6)23(3)46-37)22(2)39(43)32-19-30-28(31(32)20-36(42)48-26)14-13-25-17-27(18-29(25)30)49-38-21-35(44-7)40(45-8)24(4)47-38/h13-14,19,22-31,33-35,37-38,40H,9-12,15-18,20-21H2,1-8H3/t22-,23-,24+,25-,26+,27-,28-,29-,30-,31+,33+,34+,35+,37+,38+,40+/m1/s1. The molecule has 10 nitrogen and oxygen atoms in total. The summed E-state index contributed by atoms with van der Waals surface area (Å²) in [4.78, 5) is 30.3. The molecule has 0 radical (unpaired) electrons. The molecule has 0 unspecified atom stereocenters. The van der Waals surface area contributed by atoms with Gasteiger partial charge in [-0.3, -0.25) is 9.59 Å². The number of allylic oxidation sites excluding steroid dienone is 4. The number of ether oxygens (including phenoxy) is 7. The molecule has 0 aromatic carbocycles. The molecule has 3 saturated heterocycles. The van der Waals surface area contributed by atoms with E-state index in [-0.39, 0.29) is 97.2 Å². The summed E-state index contributed by atoms with van der Waals surface area (Å²) in [6.45, 7) is 8.22. The van der Waals surface area contributed by atoms with Crippen LogP contribution in [0.25, 0.3) is 0 Å². The number of hydrogen-bond donors (Lipinski definition) is 0. The third kappa shape index (κ3) is 8.12. The molecule has 0 bridgehead atoms. The molecule has 0 aromatic rings. The Labute approximate surface area is 299 Å². The Bertz CT molecular complexity index is 1240. The monoisotopic (exact) mass is 701 g/mol. The highest BCUT2D eigenvalue weighted by Gasteiger charge is 2.51. The first kappa shape index (κ1) is 38.1. The Kier molecular flexibility index (Phi) is 12.6. The fourth-order valence-corrected chi connectivity index (χ4v) is 10.2. The van der Waals surface area contributed by atoms with Gasteiger partial charge in [-0.05, 0) is 109 Å². The largest absolute Gasteiger partial charge is 0.462 e. The van der Waals surface area contributed by atoms with Crippen molar-refractivity contribution in [1.82, 2.24) is 4.90 Å². The van der Waals surface area contributed by atoms with Gasteiger partial charge >= 0.3 is 5.97 Å². The van der Waals surface area contributed by atoms with Gasteiger partial charge in [0, 0.05) is 38.5 Å². The van der Waals surface area contributed by atoms with Gasteiger partial charge in [-0.15, -0.1) is 0 Å². The second-order valence-electron chi connectivity index (χ2n) is 16.2. The van der Waals surface area contributed by atoms with E-state index in [0.717, 1.165) is 56.9 Å². The number of ketones is 1. The molecule has 282 valence electrons. The average molecular weight is 702 g/mol. The molecule has 10 heteroatoms. The van der Waals surface area contributed by atoms with Crippen LogP contribution in [-0.2, 0) is 42.7 Å². The van der Waals surface area contributed by atoms with Crippen LogP contribution >= 0.6 is 0 Å². The van der Waals surface area contributed by atoms with Crippen LogP contribution in [0.4, 0.5) is 0 Å². The SMILES string of the molecule is CC[C@H]1CCC[C@H](O[C@H]2CC[C@H](N(C)C)[C@@H](C)O2)[C@@H](C)C(=O)C2=C[C@@H]3[C@@H](C=C[C@@H]4C[C@@H](O[C@H]5C[C@H](OC)[C@@H](OC)[C@H](C)O5)C[C@@H]34)[C@@H]2CC(=O)O1. The number of methoxy groups -OCH3 is 2. The lowest BCUT2D eigenvalue weighted by Gasteiger charge is -2.40. The van der Waals surface area contributed by atoms with Gasteiger partial charge < -0.3 is 38.1 Å².